The van der Waals surface area contributed by atoms with Crippen molar-refractivity contribution in [2.24, 2.45) is 5.73 Å². The molecule has 0 fully saturated rings. The van der Waals surface area contributed by atoms with E-state index >= 15 is 0 Å². The summed E-state index contributed by atoms with van der Waals surface area (Å²) in [6.45, 7) is 2.49. The van der Waals surface area contributed by atoms with Crippen LogP contribution in [0.3, 0.4) is 0 Å². The molecule has 0 bridgehead atoms. The number of alkyl halides is 3. The Labute approximate surface area is 115 Å². The zero-order chi connectivity index (χ0) is 14.8. The van der Waals surface area contributed by atoms with Gasteiger partial charge in [-0.1, -0.05) is 31.2 Å². The van der Waals surface area contributed by atoms with Crippen LogP contribution in [0.5, 0.6) is 5.75 Å². The van der Waals surface area contributed by atoms with E-state index in [1.165, 1.54) is 12.1 Å². The Hall–Kier alpha value is -1.75. The topological polar surface area (TPSA) is 35.2 Å². The number of ether oxygens (including phenoxy) is 1. The average molecular weight is 283 g/mol. The molecule has 2 N–H and O–H groups in total. The van der Waals surface area contributed by atoms with E-state index in [0.717, 1.165) is 11.8 Å². The van der Waals surface area contributed by atoms with E-state index in [2.05, 4.69) is 0 Å². The summed E-state index contributed by atoms with van der Waals surface area (Å²) in [7, 11) is 0. The van der Waals surface area contributed by atoms with Crippen LogP contribution in [0.1, 0.15) is 24.9 Å². The molecule has 20 heavy (non-hydrogen) atoms. The molecule has 0 spiro atoms. The number of rotatable bonds is 4. The zero-order valence-corrected chi connectivity index (χ0v) is 11.1. The van der Waals surface area contributed by atoms with Crippen LogP contribution in [-0.4, -0.2) is 12.8 Å². The number of halogens is 3. The van der Waals surface area contributed by atoms with E-state index in [4.69, 9.17) is 10.5 Å². The molecule has 0 aromatic heterocycles. The molecule has 0 saturated carbocycles. The first-order chi connectivity index (χ1) is 9.43. The standard InChI is InChI=1S/C15H16F3NO/c1-2-8-20-13-5-3-4-10-6-7-11(9-12(10)13)14(19)15(16,17)18/h3-7,9,14H,2,8,19H2,1H3/t14-/m0/s1. The summed E-state index contributed by atoms with van der Waals surface area (Å²) < 4.78 is 43.6. The SMILES string of the molecule is CCCOc1cccc2ccc([C@H](N)C(F)(F)F)cc12. The molecule has 0 saturated heterocycles. The molecule has 0 aliphatic heterocycles. The van der Waals surface area contributed by atoms with Gasteiger partial charge < -0.3 is 10.5 Å². The van der Waals surface area contributed by atoms with Crippen LogP contribution >= 0.6 is 0 Å². The van der Waals surface area contributed by atoms with Crippen molar-refractivity contribution in [3.05, 3.63) is 42.0 Å². The molecular weight excluding hydrogens is 267 g/mol. The van der Waals surface area contributed by atoms with Gasteiger partial charge in [0, 0.05) is 5.39 Å². The summed E-state index contributed by atoms with van der Waals surface area (Å²) in [6.07, 6.45) is -3.62. The minimum Gasteiger partial charge on any atom is -0.493 e. The lowest BCUT2D eigenvalue weighted by atomic mass is 10.0. The number of fused-ring (bicyclic) bond motifs is 1. The van der Waals surface area contributed by atoms with Gasteiger partial charge in [0.15, 0.2) is 0 Å². The third-order valence-electron chi connectivity index (χ3n) is 3.04. The van der Waals surface area contributed by atoms with Crippen molar-refractivity contribution in [1.29, 1.82) is 0 Å². The third-order valence-corrected chi connectivity index (χ3v) is 3.04. The highest BCUT2D eigenvalue weighted by Gasteiger charge is 2.37. The van der Waals surface area contributed by atoms with Gasteiger partial charge in [0.2, 0.25) is 0 Å². The summed E-state index contributed by atoms with van der Waals surface area (Å²) >= 11 is 0. The van der Waals surface area contributed by atoms with Crippen LogP contribution in [-0.2, 0) is 0 Å². The fourth-order valence-electron chi connectivity index (χ4n) is 1.98. The molecule has 1 atom stereocenters. The van der Waals surface area contributed by atoms with E-state index in [1.54, 1.807) is 12.1 Å². The highest BCUT2D eigenvalue weighted by atomic mass is 19.4. The van der Waals surface area contributed by atoms with Crippen LogP contribution in [0.25, 0.3) is 10.8 Å². The van der Waals surface area contributed by atoms with E-state index < -0.39 is 12.2 Å². The number of nitrogens with two attached hydrogens (primary N) is 1. The number of hydrogen-bond acceptors (Lipinski definition) is 2. The molecule has 0 heterocycles. The summed E-state index contributed by atoms with van der Waals surface area (Å²) in [4.78, 5) is 0. The van der Waals surface area contributed by atoms with Crippen molar-refractivity contribution in [3.8, 4) is 5.75 Å². The summed E-state index contributed by atoms with van der Waals surface area (Å²) in [5.74, 6) is 0.584. The van der Waals surface area contributed by atoms with Gasteiger partial charge in [-0.3, -0.25) is 0 Å². The second-order valence-electron chi connectivity index (χ2n) is 4.60. The fourth-order valence-corrected chi connectivity index (χ4v) is 1.98. The lowest BCUT2D eigenvalue weighted by molar-refractivity contribution is -0.149. The zero-order valence-electron chi connectivity index (χ0n) is 11.1. The molecule has 108 valence electrons. The van der Waals surface area contributed by atoms with Crippen LogP contribution in [0, 0.1) is 0 Å². The maximum Gasteiger partial charge on any atom is 0.407 e. The molecule has 2 nitrogen and oxygen atoms in total. The molecule has 0 amide bonds. The van der Waals surface area contributed by atoms with Crippen LogP contribution in [0.15, 0.2) is 36.4 Å². The minimum absolute atomic E-state index is 0.0394. The van der Waals surface area contributed by atoms with Crippen LogP contribution in [0.2, 0.25) is 0 Å². The van der Waals surface area contributed by atoms with Crippen molar-refractivity contribution in [3.63, 3.8) is 0 Å². The first-order valence-electron chi connectivity index (χ1n) is 6.41. The van der Waals surface area contributed by atoms with Crippen molar-refractivity contribution >= 4 is 10.8 Å². The van der Waals surface area contributed by atoms with Gasteiger partial charge in [-0.2, -0.15) is 13.2 Å². The summed E-state index contributed by atoms with van der Waals surface area (Å²) in [5, 5.41) is 1.48. The molecule has 0 aliphatic rings. The van der Waals surface area contributed by atoms with Crippen LogP contribution < -0.4 is 10.5 Å². The van der Waals surface area contributed by atoms with E-state index in [9.17, 15) is 13.2 Å². The Bertz CT molecular complexity index is 595. The van der Waals surface area contributed by atoms with Crippen molar-refractivity contribution < 1.29 is 17.9 Å². The molecule has 0 unspecified atom stereocenters. The van der Waals surface area contributed by atoms with Crippen molar-refractivity contribution in [2.45, 2.75) is 25.6 Å². The normalized spacial score (nSPS) is 13.4. The Morgan fingerprint density at radius 3 is 2.60 bits per heavy atom. The minimum atomic E-state index is -4.45. The van der Waals surface area contributed by atoms with Crippen LogP contribution in [0.4, 0.5) is 13.2 Å². The highest BCUT2D eigenvalue weighted by Crippen LogP contribution is 2.34. The average Bonchev–Trinajstić information content (AvgIpc) is 2.42. The molecule has 2 aromatic carbocycles. The van der Waals surface area contributed by atoms with E-state index in [1.807, 2.05) is 19.1 Å². The lowest BCUT2D eigenvalue weighted by Crippen LogP contribution is -2.28. The molecule has 0 radical (unpaired) electrons. The quantitative estimate of drug-likeness (QED) is 0.913. The van der Waals surface area contributed by atoms with Gasteiger partial charge in [0.05, 0.1) is 6.61 Å². The van der Waals surface area contributed by atoms with Gasteiger partial charge in [-0.05, 0) is 29.5 Å². The summed E-state index contributed by atoms with van der Waals surface area (Å²) in [5.41, 5.74) is 5.29. The Morgan fingerprint density at radius 2 is 1.95 bits per heavy atom. The van der Waals surface area contributed by atoms with Gasteiger partial charge in [0.1, 0.15) is 11.8 Å². The second kappa shape index (κ2) is 5.71. The Morgan fingerprint density at radius 1 is 1.20 bits per heavy atom. The molecule has 2 aromatic rings. The fraction of sp³-hybridized carbons (Fsp3) is 0.333. The number of benzene rings is 2. The van der Waals surface area contributed by atoms with Gasteiger partial charge in [-0.15, -0.1) is 0 Å². The van der Waals surface area contributed by atoms with Gasteiger partial charge in [-0.25, -0.2) is 0 Å². The third kappa shape index (κ3) is 3.04. The largest absolute Gasteiger partial charge is 0.493 e. The predicted octanol–water partition coefficient (Wildman–Crippen LogP) is 4.19. The van der Waals surface area contributed by atoms with Gasteiger partial charge >= 0.3 is 6.18 Å². The van der Waals surface area contributed by atoms with Crippen molar-refractivity contribution in [1.82, 2.24) is 0 Å². The molecule has 0 aliphatic carbocycles. The van der Waals surface area contributed by atoms with E-state index in [0.29, 0.717) is 17.7 Å². The Balaban J connectivity index is 2.46. The maximum absolute atomic E-state index is 12.7. The first kappa shape index (κ1) is 14.7. The smallest absolute Gasteiger partial charge is 0.407 e. The summed E-state index contributed by atoms with van der Waals surface area (Å²) in [6, 6.07) is 7.91. The van der Waals surface area contributed by atoms with Crippen molar-refractivity contribution in [2.75, 3.05) is 6.61 Å². The predicted molar refractivity (Wildman–Crippen MR) is 72.7 cm³/mol. The lowest BCUT2D eigenvalue weighted by Gasteiger charge is -2.17. The highest BCUT2D eigenvalue weighted by molar-refractivity contribution is 5.89. The second-order valence-corrected chi connectivity index (χ2v) is 4.60. The first-order valence-corrected chi connectivity index (χ1v) is 6.41. The number of hydrogen-bond donors (Lipinski definition) is 1. The van der Waals surface area contributed by atoms with Gasteiger partial charge in [0.25, 0.3) is 0 Å². The van der Waals surface area contributed by atoms with E-state index in [-0.39, 0.29) is 5.56 Å². The Kier molecular flexibility index (Phi) is 4.18. The molecule has 5 heteroatoms. The molecular formula is C15H16F3NO. The maximum atomic E-state index is 12.7. The monoisotopic (exact) mass is 283 g/mol. The molecule has 2 rings (SSSR count).